The molecule has 4 heteroatoms. The van der Waals surface area contributed by atoms with Gasteiger partial charge in [0.25, 0.3) is 0 Å². The average Bonchev–Trinajstić information content (AvgIpc) is 2.33. The normalized spacial score (nSPS) is 14.5. The molecule has 0 fully saturated rings. The third-order valence-corrected chi connectivity index (χ3v) is 3.49. The highest BCUT2D eigenvalue weighted by molar-refractivity contribution is 9.10. The third-order valence-electron chi connectivity index (χ3n) is 2.89. The summed E-state index contributed by atoms with van der Waals surface area (Å²) >= 11 is 3.19. The molecule has 0 radical (unpaired) electrons. The Labute approximate surface area is 117 Å². The van der Waals surface area contributed by atoms with E-state index in [2.05, 4.69) is 22.9 Å². The first-order valence-corrected chi connectivity index (χ1v) is 7.18. The van der Waals surface area contributed by atoms with E-state index in [1.165, 1.54) is 6.07 Å². The topological polar surface area (TPSA) is 35.2 Å². The Morgan fingerprint density at radius 1 is 1.39 bits per heavy atom. The van der Waals surface area contributed by atoms with E-state index in [1.54, 1.807) is 12.1 Å². The molecule has 0 heterocycles. The van der Waals surface area contributed by atoms with Crippen LogP contribution in [0.3, 0.4) is 0 Å². The molecular formula is C14H21BrFNO. The second-order valence-corrected chi connectivity index (χ2v) is 5.25. The summed E-state index contributed by atoms with van der Waals surface area (Å²) in [7, 11) is 0. The number of halogens is 2. The van der Waals surface area contributed by atoms with E-state index in [-0.39, 0.29) is 18.0 Å². The second-order valence-electron chi connectivity index (χ2n) is 4.40. The minimum Gasteiger partial charge on any atom is -0.377 e. The molecule has 1 aromatic rings. The number of benzene rings is 1. The van der Waals surface area contributed by atoms with Crippen LogP contribution in [0, 0.1) is 5.82 Å². The predicted octanol–water partition coefficient (Wildman–Crippen LogP) is 3.66. The van der Waals surface area contributed by atoms with Crippen LogP contribution in [0.2, 0.25) is 0 Å². The zero-order chi connectivity index (χ0) is 13.5. The molecule has 1 rings (SSSR count). The van der Waals surface area contributed by atoms with E-state index < -0.39 is 0 Å². The highest BCUT2D eigenvalue weighted by Crippen LogP contribution is 2.19. The fourth-order valence-electron chi connectivity index (χ4n) is 1.99. The molecule has 0 aliphatic rings. The van der Waals surface area contributed by atoms with E-state index in [1.807, 2.05) is 6.92 Å². The van der Waals surface area contributed by atoms with Gasteiger partial charge in [-0.1, -0.05) is 19.4 Å². The van der Waals surface area contributed by atoms with Crippen molar-refractivity contribution in [1.29, 1.82) is 0 Å². The van der Waals surface area contributed by atoms with Crippen LogP contribution in [0.15, 0.2) is 22.7 Å². The highest BCUT2D eigenvalue weighted by Gasteiger charge is 2.17. The number of hydrogen-bond acceptors (Lipinski definition) is 2. The molecule has 2 N–H and O–H groups in total. The largest absolute Gasteiger partial charge is 0.377 e. The van der Waals surface area contributed by atoms with Crippen molar-refractivity contribution in [2.45, 2.75) is 45.3 Å². The first kappa shape index (κ1) is 15.6. The van der Waals surface area contributed by atoms with Crippen molar-refractivity contribution in [2.24, 2.45) is 5.73 Å². The average molecular weight is 318 g/mol. The zero-order valence-corrected chi connectivity index (χ0v) is 12.5. The zero-order valence-electron chi connectivity index (χ0n) is 11.0. The van der Waals surface area contributed by atoms with Crippen molar-refractivity contribution in [1.82, 2.24) is 0 Å². The Hall–Kier alpha value is -0.450. The molecule has 0 aliphatic heterocycles. The molecule has 2 nitrogen and oxygen atoms in total. The van der Waals surface area contributed by atoms with Crippen molar-refractivity contribution in [3.8, 4) is 0 Å². The Morgan fingerprint density at radius 3 is 2.67 bits per heavy atom. The van der Waals surface area contributed by atoms with Gasteiger partial charge >= 0.3 is 0 Å². The molecule has 18 heavy (non-hydrogen) atoms. The maximum Gasteiger partial charge on any atom is 0.137 e. The summed E-state index contributed by atoms with van der Waals surface area (Å²) in [5.74, 6) is -0.248. The maximum atomic E-state index is 13.1. The summed E-state index contributed by atoms with van der Waals surface area (Å²) in [4.78, 5) is 0. The van der Waals surface area contributed by atoms with E-state index in [9.17, 15) is 4.39 Å². The van der Waals surface area contributed by atoms with Crippen LogP contribution in [0.25, 0.3) is 0 Å². The highest BCUT2D eigenvalue weighted by atomic mass is 79.9. The van der Waals surface area contributed by atoms with Gasteiger partial charge in [0.2, 0.25) is 0 Å². The number of nitrogens with two attached hydrogens (primary N) is 1. The first-order chi connectivity index (χ1) is 8.58. The Morgan fingerprint density at radius 2 is 2.11 bits per heavy atom. The molecule has 2 unspecified atom stereocenters. The molecule has 1 aromatic carbocycles. The Kier molecular flexibility index (Phi) is 6.82. The lowest BCUT2D eigenvalue weighted by atomic mass is 9.99. The summed E-state index contributed by atoms with van der Waals surface area (Å²) in [6.45, 7) is 4.77. The SMILES string of the molecule is CCCC(OCC)C(N)Cc1ccc(F)c(Br)c1. The van der Waals surface area contributed by atoms with Crippen molar-refractivity contribution >= 4 is 15.9 Å². The van der Waals surface area contributed by atoms with E-state index >= 15 is 0 Å². The maximum absolute atomic E-state index is 13.1. The van der Waals surface area contributed by atoms with Crippen molar-refractivity contribution in [3.05, 3.63) is 34.1 Å². The molecule has 0 saturated heterocycles. The molecule has 102 valence electrons. The van der Waals surface area contributed by atoms with Gasteiger partial charge in [-0.2, -0.15) is 0 Å². The Balaban J connectivity index is 2.66. The fourth-order valence-corrected chi connectivity index (χ4v) is 2.42. The summed E-state index contributed by atoms with van der Waals surface area (Å²) in [6.07, 6.45) is 2.77. The smallest absolute Gasteiger partial charge is 0.137 e. The first-order valence-electron chi connectivity index (χ1n) is 6.39. The molecule has 0 aromatic heterocycles. The standard InChI is InChI=1S/C14H21BrFNO/c1-3-5-14(18-4-2)13(17)9-10-6-7-12(16)11(15)8-10/h6-8,13-14H,3-5,9,17H2,1-2H3. The molecular weight excluding hydrogens is 297 g/mol. The number of rotatable bonds is 7. The summed E-state index contributed by atoms with van der Waals surface area (Å²) in [5, 5.41) is 0. The van der Waals surface area contributed by atoms with Crippen molar-refractivity contribution in [3.63, 3.8) is 0 Å². The minimum atomic E-state index is -0.248. The van der Waals surface area contributed by atoms with Gasteiger partial charge in [-0.25, -0.2) is 4.39 Å². The number of hydrogen-bond donors (Lipinski definition) is 1. The fraction of sp³-hybridized carbons (Fsp3) is 0.571. The minimum absolute atomic E-state index is 0.0535. The Bertz CT molecular complexity index is 367. The van der Waals surface area contributed by atoms with Crippen LogP contribution in [-0.2, 0) is 11.2 Å². The van der Waals surface area contributed by atoms with Crippen LogP contribution in [-0.4, -0.2) is 18.8 Å². The van der Waals surface area contributed by atoms with Crippen LogP contribution >= 0.6 is 15.9 Å². The summed E-state index contributed by atoms with van der Waals surface area (Å²) in [6, 6.07) is 4.96. The van der Waals surface area contributed by atoms with Crippen molar-refractivity contribution < 1.29 is 9.13 Å². The second kappa shape index (κ2) is 7.87. The predicted molar refractivity (Wildman–Crippen MR) is 76.1 cm³/mol. The molecule has 0 bridgehead atoms. The monoisotopic (exact) mass is 317 g/mol. The lowest BCUT2D eigenvalue weighted by Crippen LogP contribution is -2.38. The molecule has 2 atom stereocenters. The lowest BCUT2D eigenvalue weighted by Gasteiger charge is -2.23. The quantitative estimate of drug-likeness (QED) is 0.833. The van der Waals surface area contributed by atoms with E-state index in [0.717, 1.165) is 18.4 Å². The van der Waals surface area contributed by atoms with Crippen LogP contribution in [0.1, 0.15) is 32.3 Å². The van der Waals surface area contributed by atoms with Gasteiger partial charge in [0.05, 0.1) is 10.6 Å². The van der Waals surface area contributed by atoms with Gasteiger partial charge in [-0.3, -0.25) is 0 Å². The van der Waals surface area contributed by atoms with Gasteiger partial charge in [-0.15, -0.1) is 0 Å². The summed E-state index contributed by atoms with van der Waals surface area (Å²) < 4.78 is 19.3. The van der Waals surface area contributed by atoms with Gasteiger partial charge in [-0.05, 0) is 53.4 Å². The third kappa shape index (κ3) is 4.67. The molecule has 0 amide bonds. The van der Waals surface area contributed by atoms with Gasteiger partial charge in [0.1, 0.15) is 5.82 Å². The van der Waals surface area contributed by atoms with Crippen LogP contribution < -0.4 is 5.73 Å². The molecule has 0 aliphatic carbocycles. The van der Waals surface area contributed by atoms with E-state index in [0.29, 0.717) is 17.5 Å². The van der Waals surface area contributed by atoms with E-state index in [4.69, 9.17) is 10.5 Å². The van der Waals surface area contributed by atoms with Gasteiger partial charge < -0.3 is 10.5 Å². The van der Waals surface area contributed by atoms with Gasteiger partial charge in [0, 0.05) is 12.6 Å². The summed E-state index contributed by atoms with van der Waals surface area (Å²) in [5.41, 5.74) is 7.20. The van der Waals surface area contributed by atoms with Crippen LogP contribution in [0.5, 0.6) is 0 Å². The van der Waals surface area contributed by atoms with Crippen molar-refractivity contribution in [2.75, 3.05) is 6.61 Å². The molecule has 0 spiro atoms. The van der Waals surface area contributed by atoms with Crippen LogP contribution in [0.4, 0.5) is 4.39 Å². The molecule has 0 saturated carbocycles. The number of ether oxygens (including phenoxy) is 1. The van der Waals surface area contributed by atoms with Gasteiger partial charge in [0.15, 0.2) is 0 Å². The lowest BCUT2D eigenvalue weighted by molar-refractivity contribution is 0.0378.